The first kappa shape index (κ1) is 49.7. The Hall–Kier alpha value is -5.91. The summed E-state index contributed by atoms with van der Waals surface area (Å²) in [4.78, 5) is 77.1. The van der Waals surface area contributed by atoms with Crippen LogP contribution in [0.5, 0.6) is 0 Å². The number of nitrogens with one attached hydrogen (secondary N) is 3. The first-order valence-corrected chi connectivity index (χ1v) is 20.9. The van der Waals surface area contributed by atoms with Crippen molar-refractivity contribution in [3.8, 4) is 0 Å². The molecule has 4 rings (SSSR count). The van der Waals surface area contributed by atoms with E-state index in [1.165, 1.54) is 12.1 Å². The largest absolute Gasteiger partial charge is 0.444 e. The molecule has 0 unspecified atom stereocenters. The molecule has 0 spiro atoms. The van der Waals surface area contributed by atoms with E-state index >= 15 is 4.39 Å². The molecular formula is C44H60ClFN8O9. The van der Waals surface area contributed by atoms with Crippen molar-refractivity contribution >= 4 is 70.7 Å². The number of alkyl carbamates (subject to hydrolysis) is 2. The van der Waals surface area contributed by atoms with Gasteiger partial charge < -0.3 is 39.0 Å². The van der Waals surface area contributed by atoms with Crippen LogP contribution in [0.2, 0.25) is 5.02 Å². The Morgan fingerprint density at radius 2 is 1.16 bits per heavy atom. The number of nitrogens with zero attached hydrogens (tertiary/aromatic N) is 5. The topological polar surface area (TPSA) is 193 Å². The highest BCUT2D eigenvalue weighted by atomic mass is 35.5. The molecule has 63 heavy (non-hydrogen) atoms. The zero-order valence-corrected chi connectivity index (χ0v) is 38.9. The second-order valence-electron chi connectivity index (χ2n) is 18.8. The van der Waals surface area contributed by atoms with Gasteiger partial charge in [0.1, 0.15) is 28.2 Å². The molecule has 0 aromatic heterocycles. The Bertz CT molecular complexity index is 2140. The van der Waals surface area contributed by atoms with E-state index in [0.717, 1.165) is 6.07 Å². The summed E-state index contributed by atoms with van der Waals surface area (Å²) in [7, 11) is 0. The van der Waals surface area contributed by atoms with Gasteiger partial charge in [-0.2, -0.15) is 0 Å². The summed E-state index contributed by atoms with van der Waals surface area (Å²) >= 11 is 6.72. The fraction of sp³-hybridized carbons (Fsp3) is 0.523. The van der Waals surface area contributed by atoms with E-state index in [0.29, 0.717) is 60.1 Å². The van der Waals surface area contributed by atoms with Gasteiger partial charge in [-0.05, 0) is 125 Å². The molecule has 0 atom stereocenters. The molecule has 0 saturated carbocycles. The molecule has 2 aliphatic rings. The average Bonchev–Trinajstić information content (AvgIpc) is 3.11. The highest BCUT2D eigenvalue weighted by Crippen LogP contribution is 2.31. The lowest BCUT2D eigenvalue weighted by atomic mass is 9.97. The molecule has 0 bridgehead atoms. The minimum absolute atomic E-state index is 0.000662. The van der Waals surface area contributed by atoms with Gasteiger partial charge >= 0.3 is 24.4 Å². The van der Waals surface area contributed by atoms with Crippen molar-refractivity contribution in [2.45, 2.75) is 112 Å². The predicted molar refractivity (Wildman–Crippen MR) is 240 cm³/mol. The van der Waals surface area contributed by atoms with Gasteiger partial charge in [0.05, 0.1) is 10.7 Å². The quantitative estimate of drug-likeness (QED) is 0.151. The zero-order valence-electron chi connectivity index (χ0n) is 38.2. The number of guanidine groups is 2. The van der Waals surface area contributed by atoms with Gasteiger partial charge in [-0.1, -0.05) is 23.7 Å². The van der Waals surface area contributed by atoms with Crippen LogP contribution < -0.4 is 20.9 Å². The lowest BCUT2D eigenvalue weighted by molar-refractivity contribution is 0.0536. The van der Waals surface area contributed by atoms with Gasteiger partial charge in [0.2, 0.25) is 11.9 Å². The molecule has 344 valence electrons. The number of carbonyl (C=O) groups is 5. The van der Waals surface area contributed by atoms with Gasteiger partial charge in [0.15, 0.2) is 0 Å². The fourth-order valence-corrected chi connectivity index (χ4v) is 6.41. The zero-order chi connectivity index (χ0) is 47.1. The van der Waals surface area contributed by atoms with Crippen LogP contribution in [0.3, 0.4) is 0 Å². The van der Waals surface area contributed by atoms with Crippen LogP contribution in [0.4, 0.5) is 34.9 Å². The molecule has 17 nitrogen and oxygen atoms in total. The minimum Gasteiger partial charge on any atom is -0.444 e. The molecule has 19 heteroatoms. The number of hydrogen-bond acceptors (Lipinski definition) is 10. The predicted octanol–water partition coefficient (Wildman–Crippen LogP) is 8.57. The Kier molecular flexibility index (Phi) is 15.8. The number of rotatable bonds is 4. The van der Waals surface area contributed by atoms with Gasteiger partial charge in [0.25, 0.3) is 5.91 Å². The van der Waals surface area contributed by atoms with Gasteiger partial charge in [0, 0.05) is 56.1 Å². The van der Waals surface area contributed by atoms with Crippen molar-refractivity contribution in [2.75, 3.05) is 49.5 Å². The molecule has 2 aliphatic heterocycles. The molecule has 1 saturated heterocycles. The summed E-state index contributed by atoms with van der Waals surface area (Å²) in [5.74, 6) is -1.22. The molecule has 0 aliphatic carbocycles. The van der Waals surface area contributed by atoms with Crippen LogP contribution in [0, 0.1) is 5.82 Å². The first-order chi connectivity index (χ1) is 29.0. The third-order valence-corrected chi connectivity index (χ3v) is 8.92. The molecule has 2 aromatic rings. The summed E-state index contributed by atoms with van der Waals surface area (Å²) in [5.41, 5.74) is -1.04. The lowest BCUT2D eigenvalue weighted by Crippen LogP contribution is -2.54. The number of carbonyl (C=O) groups excluding carboxylic acids is 5. The highest BCUT2D eigenvalue weighted by Gasteiger charge is 2.28. The van der Waals surface area contributed by atoms with E-state index < -0.39 is 58.5 Å². The Labute approximate surface area is 373 Å². The Balaban J connectivity index is 1.40. The smallest absolute Gasteiger partial charge is 0.437 e. The molecule has 0 radical (unpaired) electrons. The van der Waals surface area contributed by atoms with Crippen LogP contribution in [0.1, 0.15) is 105 Å². The Morgan fingerprint density at radius 3 is 1.60 bits per heavy atom. The maximum atomic E-state index is 15.6. The number of aliphatic imine (C=N–C) groups is 2. The number of benzene rings is 2. The SMILES string of the molecule is CC(C)(C)OC(=O)N=C(NC(=O)OC(C)(C)C)N1CC=C(c2ccc(C(=O)Nc3ccc(N4CCN(C(=NC(=O)OC(C)(C)C)NC(=O)OC(C)(C)C)CC4)c(Cl)c3)cc2F)CC1. The summed E-state index contributed by atoms with van der Waals surface area (Å²) in [6, 6.07) is 9.26. The molecular weight excluding hydrogens is 839 g/mol. The van der Waals surface area contributed by atoms with E-state index in [9.17, 15) is 24.0 Å². The van der Waals surface area contributed by atoms with E-state index in [-0.39, 0.29) is 30.6 Å². The third-order valence-electron chi connectivity index (χ3n) is 8.62. The average molecular weight is 899 g/mol. The standard InChI is InChI=1S/C44H60ClFN8O9/c1-41(2,3)60-37(56)48-35(49-38(57)61-42(4,5)6)53-19-17-27(18-20-53)30-15-13-28(25-32(30)46)34(55)47-29-14-16-33(31(45)26-29)52-21-23-54(24-22-52)36(50-39(58)62-43(7,8)9)51-40(59)63-44(10,11)12/h13-17,25-26H,18-24H2,1-12H3,(H,47,55)(H,48,49,56,57)(H,50,51,58,59). The van der Waals surface area contributed by atoms with E-state index in [1.807, 2.05) is 4.90 Å². The van der Waals surface area contributed by atoms with Crippen LogP contribution in [-0.4, -0.2) is 114 Å². The summed E-state index contributed by atoms with van der Waals surface area (Å²) in [6.45, 7) is 22.6. The number of piperazine rings is 1. The van der Waals surface area contributed by atoms with Crippen molar-refractivity contribution < 1.29 is 47.3 Å². The van der Waals surface area contributed by atoms with Crippen LogP contribution in [-0.2, 0) is 18.9 Å². The normalized spacial score (nSPS) is 15.5. The van der Waals surface area contributed by atoms with Crippen LogP contribution in [0.15, 0.2) is 52.5 Å². The number of ether oxygens (including phenoxy) is 4. The number of amides is 5. The van der Waals surface area contributed by atoms with Gasteiger partial charge in [-0.3, -0.25) is 15.4 Å². The van der Waals surface area contributed by atoms with Crippen molar-refractivity contribution in [2.24, 2.45) is 9.98 Å². The van der Waals surface area contributed by atoms with E-state index in [4.69, 9.17) is 30.5 Å². The van der Waals surface area contributed by atoms with Crippen molar-refractivity contribution in [3.05, 3.63) is 64.4 Å². The minimum atomic E-state index is -0.897. The molecule has 2 heterocycles. The highest BCUT2D eigenvalue weighted by molar-refractivity contribution is 6.33. The molecule has 1 fully saturated rings. The summed E-state index contributed by atoms with van der Waals surface area (Å²) < 4.78 is 37.0. The second kappa shape index (κ2) is 20.1. The monoisotopic (exact) mass is 898 g/mol. The molecule has 3 N–H and O–H groups in total. The summed E-state index contributed by atoms with van der Waals surface area (Å²) in [6.07, 6.45) is -1.25. The number of halogens is 2. The first-order valence-electron chi connectivity index (χ1n) is 20.5. The van der Waals surface area contributed by atoms with Gasteiger partial charge in [-0.25, -0.2) is 23.6 Å². The van der Waals surface area contributed by atoms with Crippen molar-refractivity contribution in [1.82, 2.24) is 20.4 Å². The molecule has 5 amide bonds. The summed E-state index contributed by atoms with van der Waals surface area (Å²) in [5, 5.41) is 8.26. The molecule has 2 aromatic carbocycles. The number of hydrogen-bond donors (Lipinski definition) is 3. The van der Waals surface area contributed by atoms with Crippen LogP contribution >= 0.6 is 11.6 Å². The third kappa shape index (κ3) is 16.4. The maximum absolute atomic E-state index is 15.6. The van der Waals surface area contributed by atoms with Crippen molar-refractivity contribution in [1.29, 1.82) is 0 Å². The van der Waals surface area contributed by atoms with E-state index in [1.54, 1.807) is 117 Å². The maximum Gasteiger partial charge on any atom is 0.437 e. The fourth-order valence-electron chi connectivity index (χ4n) is 6.11. The number of anilines is 2. The van der Waals surface area contributed by atoms with Crippen LogP contribution in [0.25, 0.3) is 5.57 Å². The van der Waals surface area contributed by atoms with E-state index in [2.05, 4.69) is 25.9 Å². The second-order valence-corrected chi connectivity index (χ2v) is 19.2. The van der Waals surface area contributed by atoms with Gasteiger partial charge in [-0.15, -0.1) is 9.98 Å². The van der Waals surface area contributed by atoms with Crippen molar-refractivity contribution in [3.63, 3.8) is 0 Å². The lowest BCUT2D eigenvalue weighted by Gasteiger charge is -2.37. The Morgan fingerprint density at radius 1 is 0.651 bits per heavy atom.